The molecule has 3 nitrogen and oxygen atoms in total. The van der Waals surface area contributed by atoms with Crippen molar-refractivity contribution in [3.63, 3.8) is 0 Å². The van der Waals surface area contributed by atoms with Gasteiger partial charge in [0, 0.05) is 24.4 Å². The van der Waals surface area contributed by atoms with E-state index in [-0.39, 0.29) is 17.2 Å². The summed E-state index contributed by atoms with van der Waals surface area (Å²) in [7, 11) is 0. The molecular weight excluding hydrogens is 260 g/mol. The fraction of sp³-hybridized carbons (Fsp3) is 0.611. The Morgan fingerprint density at radius 1 is 1.29 bits per heavy atom. The maximum Gasteiger partial charge on any atom is 0.224 e. The molecule has 3 N–H and O–H groups in total. The van der Waals surface area contributed by atoms with Crippen LogP contribution in [-0.4, -0.2) is 19.0 Å². The van der Waals surface area contributed by atoms with Crippen molar-refractivity contribution in [3.8, 4) is 0 Å². The average Bonchev–Trinajstić information content (AvgIpc) is 2.53. The number of carbonyl (C=O) groups is 1. The van der Waals surface area contributed by atoms with Crippen LogP contribution >= 0.6 is 0 Å². The van der Waals surface area contributed by atoms with Crippen molar-refractivity contribution in [1.82, 2.24) is 5.32 Å². The predicted octanol–water partition coefficient (Wildman–Crippen LogP) is 2.91. The number of amides is 1. The van der Waals surface area contributed by atoms with Crippen molar-refractivity contribution in [3.05, 3.63) is 35.4 Å². The van der Waals surface area contributed by atoms with Gasteiger partial charge in [0.25, 0.3) is 0 Å². The molecule has 1 aromatic rings. The molecule has 1 atom stereocenters. The van der Waals surface area contributed by atoms with Crippen LogP contribution in [0, 0.1) is 12.8 Å². The van der Waals surface area contributed by atoms with Crippen molar-refractivity contribution < 1.29 is 4.79 Å². The zero-order chi connectivity index (χ0) is 15.3. The molecule has 0 heterocycles. The van der Waals surface area contributed by atoms with Crippen molar-refractivity contribution in [2.75, 3.05) is 13.1 Å². The molecule has 0 saturated heterocycles. The predicted molar refractivity (Wildman–Crippen MR) is 87.2 cm³/mol. The third-order valence-corrected chi connectivity index (χ3v) is 4.93. The molecule has 1 aliphatic carbocycles. The Morgan fingerprint density at radius 2 is 1.95 bits per heavy atom. The standard InChI is InChI=1S/C18H28N2O/c1-14-8-4-5-9-16(14)18(10-6-3-7-11-18)13-20-17(21)15(2)12-19/h4-5,8-9,15H,3,6-7,10-13,19H2,1-2H3,(H,20,21). The number of carbonyl (C=O) groups excluding carboxylic acids is 1. The van der Waals surface area contributed by atoms with Crippen LogP contribution in [0.2, 0.25) is 0 Å². The molecule has 2 rings (SSSR count). The summed E-state index contributed by atoms with van der Waals surface area (Å²) in [6.07, 6.45) is 6.12. The van der Waals surface area contributed by atoms with E-state index in [1.54, 1.807) is 0 Å². The van der Waals surface area contributed by atoms with Crippen LogP contribution in [0.1, 0.15) is 50.2 Å². The topological polar surface area (TPSA) is 55.1 Å². The average molecular weight is 288 g/mol. The van der Waals surface area contributed by atoms with E-state index >= 15 is 0 Å². The lowest BCUT2D eigenvalue weighted by Crippen LogP contribution is -2.45. The monoisotopic (exact) mass is 288 g/mol. The third-order valence-electron chi connectivity index (χ3n) is 4.93. The van der Waals surface area contributed by atoms with E-state index in [1.165, 1.54) is 30.4 Å². The first kappa shape index (κ1) is 16.0. The van der Waals surface area contributed by atoms with Gasteiger partial charge in [-0.05, 0) is 30.9 Å². The minimum Gasteiger partial charge on any atom is -0.355 e. The Bertz CT molecular complexity index is 478. The van der Waals surface area contributed by atoms with Gasteiger partial charge in [-0.25, -0.2) is 0 Å². The van der Waals surface area contributed by atoms with E-state index in [0.29, 0.717) is 6.54 Å². The summed E-state index contributed by atoms with van der Waals surface area (Å²) in [5.74, 6) is -0.0291. The summed E-state index contributed by atoms with van der Waals surface area (Å²) in [5, 5.41) is 3.15. The van der Waals surface area contributed by atoms with Crippen LogP contribution in [0.5, 0.6) is 0 Å². The molecule has 1 amide bonds. The Labute approximate surface area is 128 Å². The van der Waals surface area contributed by atoms with Gasteiger partial charge in [-0.15, -0.1) is 0 Å². The molecular formula is C18H28N2O. The molecule has 1 unspecified atom stereocenters. The molecule has 1 aliphatic rings. The number of hydrogen-bond acceptors (Lipinski definition) is 2. The highest BCUT2D eigenvalue weighted by molar-refractivity contribution is 5.78. The summed E-state index contributed by atoms with van der Waals surface area (Å²) in [6, 6.07) is 8.61. The van der Waals surface area contributed by atoms with E-state index in [9.17, 15) is 4.79 Å². The second-order valence-corrected chi connectivity index (χ2v) is 6.51. The summed E-state index contributed by atoms with van der Waals surface area (Å²) >= 11 is 0. The van der Waals surface area contributed by atoms with Crippen LogP contribution in [-0.2, 0) is 10.2 Å². The van der Waals surface area contributed by atoms with Crippen LogP contribution in [0.4, 0.5) is 0 Å². The molecule has 0 aliphatic heterocycles. The maximum absolute atomic E-state index is 12.1. The zero-order valence-electron chi connectivity index (χ0n) is 13.3. The summed E-state index contributed by atoms with van der Waals surface area (Å²) in [5.41, 5.74) is 8.44. The maximum atomic E-state index is 12.1. The summed E-state index contributed by atoms with van der Waals surface area (Å²) < 4.78 is 0. The lowest BCUT2D eigenvalue weighted by Gasteiger charge is -2.39. The van der Waals surface area contributed by atoms with E-state index in [2.05, 4.69) is 36.5 Å². The molecule has 0 bridgehead atoms. The third kappa shape index (κ3) is 3.65. The minimum absolute atomic E-state index is 0.0797. The van der Waals surface area contributed by atoms with Gasteiger partial charge in [-0.1, -0.05) is 50.5 Å². The van der Waals surface area contributed by atoms with Crippen LogP contribution in [0.15, 0.2) is 24.3 Å². The van der Waals surface area contributed by atoms with E-state index in [0.717, 1.165) is 19.4 Å². The molecule has 116 valence electrons. The molecule has 3 heteroatoms. The first-order valence-corrected chi connectivity index (χ1v) is 8.13. The van der Waals surface area contributed by atoms with Gasteiger partial charge in [0.15, 0.2) is 0 Å². The summed E-state index contributed by atoms with van der Waals surface area (Å²) in [6.45, 7) is 5.21. The molecule has 0 aromatic heterocycles. The Balaban J connectivity index is 2.18. The Morgan fingerprint density at radius 3 is 2.57 bits per heavy atom. The first-order chi connectivity index (χ1) is 10.1. The number of aryl methyl sites for hydroxylation is 1. The van der Waals surface area contributed by atoms with Gasteiger partial charge >= 0.3 is 0 Å². The first-order valence-electron chi connectivity index (χ1n) is 8.13. The SMILES string of the molecule is Cc1ccccc1C1(CNC(=O)C(C)CN)CCCCC1. The van der Waals surface area contributed by atoms with E-state index < -0.39 is 0 Å². The highest BCUT2D eigenvalue weighted by Gasteiger charge is 2.35. The molecule has 0 spiro atoms. The molecule has 1 aromatic carbocycles. The second-order valence-electron chi connectivity index (χ2n) is 6.51. The molecule has 21 heavy (non-hydrogen) atoms. The normalized spacial score (nSPS) is 19.0. The fourth-order valence-corrected chi connectivity index (χ4v) is 3.48. The number of hydrogen-bond donors (Lipinski definition) is 2. The van der Waals surface area contributed by atoms with E-state index in [1.807, 2.05) is 6.92 Å². The van der Waals surface area contributed by atoms with Crippen LogP contribution < -0.4 is 11.1 Å². The van der Waals surface area contributed by atoms with Crippen molar-refractivity contribution in [1.29, 1.82) is 0 Å². The van der Waals surface area contributed by atoms with Gasteiger partial charge in [0.1, 0.15) is 0 Å². The molecule has 0 radical (unpaired) electrons. The molecule has 1 fully saturated rings. The van der Waals surface area contributed by atoms with Gasteiger partial charge in [0.2, 0.25) is 5.91 Å². The highest BCUT2D eigenvalue weighted by atomic mass is 16.1. The van der Waals surface area contributed by atoms with E-state index in [4.69, 9.17) is 5.73 Å². The smallest absolute Gasteiger partial charge is 0.224 e. The van der Waals surface area contributed by atoms with Crippen molar-refractivity contribution in [2.45, 2.75) is 51.4 Å². The van der Waals surface area contributed by atoms with Gasteiger partial charge < -0.3 is 11.1 Å². The van der Waals surface area contributed by atoms with Gasteiger partial charge in [-0.2, -0.15) is 0 Å². The quantitative estimate of drug-likeness (QED) is 0.875. The van der Waals surface area contributed by atoms with Gasteiger partial charge in [0.05, 0.1) is 0 Å². The van der Waals surface area contributed by atoms with Crippen LogP contribution in [0.25, 0.3) is 0 Å². The number of nitrogens with two attached hydrogens (primary N) is 1. The number of rotatable bonds is 5. The van der Waals surface area contributed by atoms with Crippen LogP contribution in [0.3, 0.4) is 0 Å². The fourth-order valence-electron chi connectivity index (χ4n) is 3.48. The number of benzene rings is 1. The second kappa shape index (κ2) is 7.08. The lowest BCUT2D eigenvalue weighted by molar-refractivity contribution is -0.124. The van der Waals surface area contributed by atoms with Crippen molar-refractivity contribution in [2.24, 2.45) is 11.7 Å². The number of nitrogens with one attached hydrogen (secondary N) is 1. The Kier molecular flexibility index (Phi) is 5.40. The largest absolute Gasteiger partial charge is 0.355 e. The van der Waals surface area contributed by atoms with Crippen molar-refractivity contribution >= 4 is 5.91 Å². The highest BCUT2D eigenvalue weighted by Crippen LogP contribution is 2.40. The molecule has 1 saturated carbocycles. The van der Waals surface area contributed by atoms with Gasteiger partial charge in [-0.3, -0.25) is 4.79 Å². The summed E-state index contributed by atoms with van der Waals surface area (Å²) in [4.78, 5) is 12.1. The Hall–Kier alpha value is -1.35. The minimum atomic E-state index is -0.109. The zero-order valence-corrected chi connectivity index (χ0v) is 13.3. The lowest BCUT2D eigenvalue weighted by atomic mass is 9.68.